The highest BCUT2D eigenvalue weighted by atomic mass is 16.1. The Kier molecular flexibility index (Phi) is 5.55. The van der Waals surface area contributed by atoms with Crippen molar-refractivity contribution in [2.24, 2.45) is 0 Å². The summed E-state index contributed by atoms with van der Waals surface area (Å²) >= 11 is 0. The van der Waals surface area contributed by atoms with Gasteiger partial charge >= 0.3 is 0 Å². The van der Waals surface area contributed by atoms with Crippen molar-refractivity contribution in [3.05, 3.63) is 142 Å². The van der Waals surface area contributed by atoms with Crippen LogP contribution in [0.2, 0.25) is 0 Å². The second-order valence-electron chi connectivity index (χ2n) is 8.96. The largest absolute Gasteiger partial charge is 0.342 e. The highest BCUT2D eigenvalue weighted by Gasteiger charge is 2.13. The van der Waals surface area contributed by atoms with Crippen LogP contribution in [0.3, 0.4) is 0 Å². The van der Waals surface area contributed by atoms with Crippen molar-refractivity contribution in [2.45, 2.75) is 13.5 Å². The number of hydrogen-bond acceptors (Lipinski definition) is 2. The number of benzene rings is 4. The molecule has 4 heteroatoms. The van der Waals surface area contributed by atoms with Gasteiger partial charge in [0.15, 0.2) is 0 Å². The SMILES string of the molecule is Cc1ccccc1-n1c(/C=C/c2cn(Cc3ccccc3)c3ccccc23)nc2ccccc2c1=O. The van der Waals surface area contributed by atoms with Gasteiger partial charge in [-0.1, -0.05) is 78.9 Å². The van der Waals surface area contributed by atoms with Crippen LogP contribution >= 0.6 is 0 Å². The third-order valence-electron chi connectivity index (χ3n) is 6.59. The third kappa shape index (κ3) is 3.93. The lowest BCUT2D eigenvalue weighted by molar-refractivity contribution is 0.836. The molecule has 0 atom stereocenters. The van der Waals surface area contributed by atoms with Crippen LogP contribution in [-0.4, -0.2) is 14.1 Å². The van der Waals surface area contributed by atoms with E-state index in [0.29, 0.717) is 16.7 Å². The minimum atomic E-state index is -0.0685. The van der Waals surface area contributed by atoms with E-state index in [4.69, 9.17) is 4.98 Å². The van der Waals surface area contributed by atoms with E-state index in [1.807, 2.05) is 67.6 Å². The van der Waals surface area contributed by atoms with E-state index in [1.165, 1.54) is 11.1 Å². The zero-order valence-corrected chi connectivity index (χ0v) is 20.0. The van der Waals surface area contributed by atoms with Gasteiger partial charge in [-0.3, -0.25) is 9.36 Å². The molecule has 0 unspecified atom stereocenters. The first kappa shape index (κ1) is 21.8. The van der Waals surface area contributed by atoms with E-state index in [9.17, 15) is 4.79 Å². The molecule has 0 N–H and O–H groups in total. The molecule has 0 saturated carbocycles. The van der Waals surface area contributed by atoms with Crippen LogP contribution in [0.15, 0.2) is 114 Å². The average Bonchev–Trinajstić information content (AvgIpc) is 3.26. The first-order valence-electron chi connectivity index (χ1n) is 12.1. The number of nitrogens with zero attached hydrogens (tertiary/aromatic N) is 3. The van der Waals surface area contributed by atoms with Crippen LogP contribution in [-0.2, 0) is 6.54 Å². The molecular weight excluding hydrogens is 442 g/mol. The van der Waals surface area contributed by atoms with Gasteiger partial charge in [0.05, 0.1) is 16.6 Å². The van der Waals surface area contributed by atoms with Gasteiger partial charge in [-0.15, -0.1) is 0 Å². The minimum Gasteiger partial charge on any atom is -0.342 e. The molecule has 6 aromatic rings. The lowest BCUT2D eigenvalue weighted by atomic mass is 10.1. The summed E-state index contributed by atoms with van der Waals surface area (Å²) in [6, 6.07) is 34.3. The molecule has 2 aromatic heterocycles. The molecule has 0 amide bonds. The molecule has 0 aliphatic heterocycles. The predicted octanol–water partition coefficient (Wildman–Crippen LogP) is 6.87. The molecule has 2 heterocycles. The van der Waals surface area contributed by atoms with Crippen LogP contribution in [0.4, 0.5) is 0 Å². The molecule has 36 heavy (non-hydrogen) atoms. The van der Waals surface area contributed by atoms with E-state index in [-0.39, 0.29) is 5.56 Å². The Hall–Kier alpha value is -4.70. The number of aryl methyl sites for hydroxylation is 1. The number of rotatable bonds is 5. The molecule has 0 saturated heterocycles. The molecule has 0 aliphatic rings. The van der Waals surface area contributed by atoms with Gasteiger partial charge in [-0.05, 0) is 54.5 Å². The molecule has 4 nitrogen and oxygen atoms in total. The standard InChI is InChI=1S/C32H25N3O/c1-23-11-5-9-17-29(23)35-31(33-28-16-8-6-15-27(28)32(35)36)20-19-25-22-34(21-24-12-3-2-4-13-24)30-18-10-7-14-26(25)30/h2-20,22H,21H2,1H3/b20-19+. The summed E-state index contributed by atoms with van der Waals surface area (Å²) in [6.45, 7) is 2.80. The average molecular weight is 468 g/mol. The zero-order chi connectivity index (χ0) is 24.5. The first-order valence-corrected chi connectivity index (χ1v) is 12.1. The van der Waals surface area contributed by atoms with Crippen LogP contribution in [0.5, 0.6) is 0 Å². The number of para-hydroxylation sites is 3. The van der Waals surface area contributed by atoms with Gasteiger partial charge in [-0.25, -0.2) is 4.98 Å². The Morgan fingerprint density at radius 2 is 1.44 bits per heavy atom. The van der Waals surface area contributed by atoms with Gasteiger partial charge in [0.1, 0.15) is 5.82 Å². The number of aromatic nitrogens is 3. The second kappa shape index (κ2) is 9.16. The summed E-state index contributed by atoms with van der Waals surface area (Å²) in [5.74, 6) is 0.605. The Morgan fingerprint density at radius 1 is 0.750 bits per heavy atom. The lowest BCUT2D eigenvalue weighted by Crippen LogP contribution is -2.23. The zero-order valence-electron chi connectivity index (χ0n) is 20.0. The summed E-state index contributed by atoms with van der Waals surface area (Å²) < 4.78 is 3.99. The predicted molar refractivity (Wildman–Crippen MR) is 148 cm³/mol. The Balaban J connectivity index is 1.51. The molecule has 0 fully saturated rings. The monoisotopic (exact) mass is 467 g/mol. The van der Waals surface area contributed by atoms with E-state index in [1.54, 1.807) is 4.57 Å². The smallest absolute Gasteiger partial charge is 0.266 e. The maximum atomic E-state index is 13.6. The first-order chi connectivity index (χ1) is 17.7. The molecule has 0 aliphatic carbocycles. The van der Waals surface area contributed by atoms with Crippen molar-refractivity contribution in [2.75, 3.05) is 0 Å². The van der Waals surface area contributed by atoms with Crippen molar-refractivity contribution in [3.63, 3.8) is 0 Å². The van der Waals surface area contributed by atoms with E-state index in [0.717, 1.165) is 28.7 Å². The van der Waals surface area contributed by atoms with Crippen molar-refractivity contribution in [3.8, 4) is 5.69 Å². The maximum absolute atomic E-state index is 13.6. The van der Waals surface area contributed by atoms with E-state index in [2.05, 4.69) is 65.4 Å². The minimum absolute atomic E-state index is 0.0685. The van der Waals surface area contributed by atoms with Crippen molar-refractivity contribution in [1.82, 2.24) is 14.1 Å². The van der Waals surface area contributed by atoms with Gasteiger partial charge in [0.2, 0.25) is 0 Å². The molecule has 174 valence electrons. The summed E-state index contributed by atoms with van der Waals surface area (Å²) in [6.07, 6.45) is 6.19. The van der Waals surface area contributed by atoms with Crippen molar-refractivity contribution < 1.29 is 0 Å². The van der Waals surface area contributed by atoms with Crippen molar-refractivity contribution in [1.29, 1.82) is 0 Å². The van der Waals surface area contributed by atoms with Gasteiger partial charge in [0.25, 0.3) is 5.56 Å². The molecule has 0 radical (unpaired) electrons. The normalized spacial score (nSPS) is 11.6. The van der Waals surface area contributed by atoms with Crippen LogP contribution < -0.4 is 5.56 Å². The molecule has 6 rings (SSSR count). The summed E-state index contributed by atoms with van der Waals surface area (Å²) in [7, 11) is 0. The third-order valence-corrected chi connectivity index (χ3v) is 6.59. The van der Waals surface area contributed by atoms with Gasteiger partial charge in [-0.2, -0.15) is 0 Å². The maximum Gasteiger partial charge on any atom is 0.266 e. The van der Waals surface area contributed by atoms with Crippen molar-refractivity contribution >= 4 is 34.0 Å². The van der Waals surface area contributed by atoms with Gasteiger partial charge in [0, 0.05) is 29.2 Å². The topological polar surface area (TPSA) is 39.8 Å². The fraction of sp³-hybridized carbons (Fsp3) is 0.0625. The Bertz CT molecular complexity index is 1790. The molecule has 0 bridgehead atoms. The number of fused-ring (bicyclic) bond motifs is 2. The van der Waals surface area contributed by atoms with E-state index < -0.39 is 0 Å². The highest BCUT2D eigenvalue weighted by Crippen LogP contribution is 2.25. The Morgan fingerprint density at radius 3 is 2.28 bits per heavy atom. The summed E-state index contributed by atoms with van der Waals surface area (Å²) in [4.78, 5) is 18.5. The van der Waals surface area contributed by atoms with Crippen LogP contribution in [0.1, 0.15) is 22.5 Å². The highest BCUT2D eigenvalue weighted by molar-refractivity contribution is 5.92. The van der Waals surface area contributed by atoms with Crippen LogP contribution in [0, 0.1) is 6.92 Å². The molecule has 0 spiro atoms. The quantitative estimate of drug-likeness (QED) is 0.278. The van der Waals surface area contributed by atoms with E-state index >= 15 is 0 Å². The van der Waals surface area contributed by atoms with Crippen LogP contribution in [0.25, 0.3) is 39.6 Å². The lowest BCUT2D eigenvalue weighted by Gasteiger charge is -2.13. The Labute approximate surface area is 209 Å². The summed E-state index contributed by atoms with van der Waals surface area (Å²) in [5.41, 5.74) is 5.99. The van der Waals surface area contributed by atoms with Gasteiger partial charge < -0.3 is 4.57 Å². The molecular formula is C32H25N3O. The summed E-state index contributed by atoms with van der Waals surface area (Å²) in [5, 5.41) is 1.77. The fourth-order valence-corrected chi connectivity index (χ4v) is 4.79. The number of hydrogen-bond donors (Lipinski definition) is 0. The fourth-order valence-electron chi connectivity index (χ4n) is 4.79. The second-order valence-corrected chi connectivity index (χ2v) is 8.96. The molecule has 4 aromatic carbocycles.